The van der Waals surface area contributed by atoms with Gasteiger partial charge >= 0.3 is 0 Å². The van der Waals surface area contributed by atoms with Gasteiger partial charge in [-0.05, 0) is 42.7 Å². The highest BCUT2D eigenvalue weighted by Gasteiger charge is 2.22. The third kappa shape index (κ3) is 3.35. The lowest BCUT2D eigenvalue weighted by molar-refractivity contribution is -0.385. The first-order chi connectivity index (χ1) is 12.0. The van der Waals surface area contributed by atoms with E-state index in [-0.39, 0.29) is 17.2 Å². The summed E-state index contributed by atoms with van der Waals surface area (Å²) in [6.07, 6.45) is 1.67. The van der Waals surface area contributed by atoms with Gasteiger partial charge in [0, 0.05) is 30.9 Å². The summed E-state index contributed by atoms with van der Waals surface area (Å²) >= 11 is 0. The van der Waals surface area contributed by atoms with Crippen molar-refractivity contribution < 1.29 is 14.5 Å². The molecule has 1 aliphatic rings. The van der Waals surface area contributed by atoms with Gasteiger partial charge in [-0.1, -0.05) is 12.1 Å². The van der Waals surface area contributed by atoms with Crippen LogP contribution in [-0.4, -0.2) is 23.3 Å². The molecular weight excluding hydrogens is 322 g/mol. The zero-order valence-corrected chi connectivity index (χ0v) is 13.7. The van der Waals surface area contributed by atoms with Gasteiger partial charge < -0.3 is 10.2 Å². The lowest BCUT2D eigenvalue weighted by Gasteiger charge is -2.29. The van der Waals surface area contributed by atoms with Crippen LogP contribution in [0.2, 0.25) is 0 Å². The molecule has 1 N–H and O–H groups in total. The Bertz CT molecular complexity index is 863. The first-order valence-corrected chi connectivity index (χ1v) is 7.93. The van der Waals surface area contributed by atoms with Crippen LogP contribution < -0.4 is 10.2 Å². The number of rotatable bonds is 3. The molecule has 0 saturated heterocycles. The fraction of sp³-hybridized carbons (Fsp3) is 0.222. The predicted molar refractivity (Wildman–Crippen MR) is 93.8 cm³/mol. The molecule has 128 valence electrons. The molecule has 0 radical (unpaired) electrons. The Hall–Kier alpha value is -3.22. The summed E-state index contributed by atoms with van der Waals surface area (Å²) in [6.45, 7) is 2.21. The minimum atomic E-state index is -0.577. The molecule has 0 bridgehead atoms. The zero-order valence-electron chi connectivity index (χ0n) is 13.7. The maximum Gasteiger partial charge on any atom is 0.282 e. The van der Waals surface area contributed by atoms with Crippen molar-refractivity contribution in [2.24, 2.45) is 0 Å². The Morgan fingerprint density at radius 3 is 2.68 bits per heavy atom. The number of hydrogen-bond donors (Lipinski definition) is 1. The van der Waals surface area contributed by atoms with Crippen molar-refractivity contribution in [2.45, 2.75) is 19.8 Å². The molecule has 0 fully saturated rings. The highest BCUT2D eigenvalue weighted by Crippen LogP contribution is 2.30. The molecule has 7 nitrogen and oxygen atoms in total. The van der Waals surface area contributed by atoms with Crippen LogP contribution in [0, 0.1) is 10.1 Å². The van der Waals surface area contributed by atoms with E-state index in [0.29, 0.717) is 12.2 Å². The fourth-order valence-corrected chi connectivity index (χ4v) is 3.03. The number of anilines is 2. The number of fused-ring (bicyclic) bond motifs is 1. The number of nitro groups is 1. The van der Waals surface area contributed by atoms with E-state index in [1.807, 2.05) is 6.07 Å². The minimum Gasteiger partial charge on any atom is -0.322 e. The normalized spacial score (nSPS) is 13.1. The fourth-order valence-electron chi connectivity index (χ4n) is 3.03. The van der Waals surface area contributed by atoms with Crippen molar-refractivity contribution in [3.8, 4) is 0 Å². The third-order valence-electron chi connectivity index (χ3n) is 4.18. The van der Waals surface area contributed by atoms with Gasteiger partial charge in [0.25, 0.3) is 11.6 Å². The average molecular weight is 339 g/mol. The van der Waals surface area contributed by atoms with Crippen LogP contribution in [0.1, 0.15) is 29.3 Å². The highest BCUT2D eigenvalue weighted by atomic mass is 16.6. The van der Waals surface area contributed by atoms with E-state index in [2.05, 4.69) is 5.32 Å². The quantitative estimate of drug-likeness (QED) is 0.687. The number of amides is 2. The summed E-state index contributed by atoms with van der Waals surface area (Å²) < 4.78 is 0. The van der Waals surface area contributed by atoms with Crippen LogP contribution in [0.3, 0.4) is 0 Å². The topological polar surface area (TPSA) is 92.6 Å². The van der Waals surface area contributed by atoms with Crippen LogP contribution >= 0.6 is 0 Å². The number of aryl methyl sites for hydroxylation is 1. The molecule has 0 aromatic heterocycles. The van der Waals surface area contributed by atoms with E-state index >= 15 is 0 Å². The molecule has 3 rings (SSSR count). The van der Waals surface area contributed by atoms with Gasteiger partial charge in [0.1, 0.15) is 5.56 Å². The molecule has 2 aromatic rings. The Balaban J connectivity index is 1.86. The van der Waals surface area contributed by atoms with Gasteiger partial charge in [0.05, 0.1) is 4.92 Å². The summed E-state index contributed by atoms with van der Waals surface area (Å²) in [4.78, 5) is 36.3. The maximum absolute atomic E-state index is 12.4. The van der Waals surface area contributed by atoms with Crippen molar-refractivity contribution in [1.29, 1.82) is 0 Å². The van der Waals surface area contributed by atoms with E-state index < -0.39 is 10.8 Å². The minimum absolute atomic E-state index is 0.00980. The van der Waals surface area contributed by atoms with Crippen molar-refractivity contribution in [3.05, 3.63) is 63.7 Å². The van der Waals surface area contributed by atoms with Crippen molar-refractivity contribution >= 4 is 28.9 Å². The van der Waals surface area contributed by atoms with Gasteiger partial charge in [-0.25, -0.2) is 0 Å². The number of nitrogens with one attached hydrogen (secondary N) is 1. The Labute approximate surface area is 144 Å². The van der Waals surface area contributed by atoms with E-state index in [4.69, 9.17) is 0 Å². The molecule has 0 aliphatic carbocycles. The summed E-state index contributed by atoms with van der Waals surface area (Å²) in [5, 5.41) is 13.8. The lowest BCUT2D eigenvalue weighted by Crippen LogP contribution is -2.33. The second-order valence-corrected chi connectivity index (χ2v) is 5.85. The van der Waals surface area contributed by atoms with E-state index in [1.54, 1.807) is 23.1 Å². The number of nitro benzene ring substituents is 1. The summed E-state index contributed by atoms with van der Waals surface area (Å²) in [7, 11) is 0. The molecule has 0 atom stereocenters. The zero-order chi connectivity index (χ0) is 18.0. The molecule has 2 amide bonds. The third-order valence-corrected chi connectivity index (χ3v) is 4.18. The molecule has 2 aromatic carbocycles. The van der Waals surface area contributed by atoms with Crippen molar-refractivity contribution in [1.82, 2.24) is 0 Å². The Morgan fingerprint density at radius 2 is 1.96 bits per heavy atom. The van der Waals surface area contributed by atoms with Crippen LogP contribution in [0.4, 0.5) is 17.1 Å². The number of nitrogens with zero attached hydrogens (tertiary/aromatic N) is 2. The van der Waals surface area contributed by atoms with Crippen LogP contribution in [0.5, 0.6) is 0 Å². The first kappa shape index (κ1) is 16.6. The second-order valence-electron chi connectivity index (χ2n) is 5.85. The number of benzene rings is 2. The highest BCUT2D eigenvalue weighted by molar-refractivity contribution is 6.07. The van der Waals surface area contributed by atoms with E-state index in [9.17, 15) is 19.7 Å². The predicted octanol–water partition coefficient (Wildman–Crippen LogP) is 3.15. The molecule has 0 spiro atoms. The average Bonchev–Trinajstić information content (AvgIpc) is 2.60. The van der Waals surface area contributed by atoms with Crippen LogP contribution in [0.15, 0.2) is 42.5 Å². The van der Waals surface area contributed by atoms with Crippen molar-refractivity contribution in [2.75, 3.05) is 16.8 Å². The molecule has 0 saturated carbocycles. The van der Waals surface area contributed by atoms with Gasteiger partial charge in [-0.15, -0.1) is 0 Å². The smallest absolute Gasteiger partial charge is 0.282 e. The lowest BCUT2D eigenvalue weighted by atomic mass is 10.0. The molecule has 1 aliphatic heterocycles. The van der Waals surface area contributed by atoms with Crippen molar-refractivity contribution in [3.63, 3.8) is 0 Å². The summed E-state index contributed by atoms with van der Waals surface area (Å²) in [5.41, 5.74) is 2.15. The number of carbonyl (C=O) groups is 2. The summed E-state index contributed by atoms with van der Waals surface area (Å²) in [6, 6.07) is 11.1. The van der Waals surface area contributed by atoms with Crippen LogP contribution in [0.25, 0.3) is 0 Å². The molecular formula is C18H17N3O4. The largest absolute Gasteiger partial charge is 0.322 e. The molecule has 25 heavy (non-hydrogen) atoms. The maximum atomic E-state index is 12.4. The molecule has 0 unspecified atom stereocenters. The number of hydrogen-bond acceptors (Lipinski definition) is 4. The molecule has 1 heterocycles. The Morgan fingerprint density at radius 1 is 1.20 bits per heavy atom. The number of carbonyl (C=O) groups excluding carboxylic acids is 2. The monoisotopic (exact) mass is 339 g/mol. The van der Waals surface area contributed by atoms with Gasteiger partial charge in [-0.2, -0.15) is 0 Å². The first-order valence-electron chi connectivity index (χ1n) is 7.93. The SMILES string of the molecule is CC(=O)N1CCCc2cc(NC(=O)c3ccccc3[N+](=O)[O-])ccc21. The Kier molecular flexibility index (Phi) is 4.47. The van der Waals surface area contributed by atoms with Gasteiger partial charge in [0.15, 0.2) is 0 Å². The van der Waals surface area contributed by atoms with Gasteiger partial charge in [-0.3, -0.25) is 19.7 Å². The second kappa shape index (κ2) is 6.72. The number of para-hydroxylation sites is 1. The standard InChI is InChI=1S/C18H17N3O4/c1-12(22)20-10-4-5-13-11-14(8-9-16(13)20)19-18(23)15-6-2-3-7-17(15)21(24)25/h2-3,6-9,11H,4-5,10H2,1H3,(H,19,23). The van der Waals surface area contributed by atoms with Crippen LogP contribution in [-0.2, 0) is 11.2 Å². The van der Waals surface area contributed by atoms with E-state index in [0.717, 1.165) is 24.1 Å². The summed E-state index contributed by atoms with van der Waals surface area (Å²) in [5.74, 6) is -0.552. The molecule has 7 heteroatoms. The van der Waals surface area contributed by atoms with Gasteiger partial charge in [0.2, 0.25) is 5.91 Å². The van der Waals surface area contributed by atoms with E-state index in [1.165, 1.54) is 25.1 Å².